The van der Waals surface area contributed by atoms with E-state index in [0.29, 0.717) is 11.8 Å². The van der Waals surface area contributed by atoms with E-state index in [4.69, 9.17) is 14.6 Å². The largest absolute Gasteiger partial charge is 0.481 e. The number of aliphatic hydroxyl groups excluding tert-OH is 1. The average Bonchev–Trinajstić information content (AvgIpc) is 2.26. The van der Waals surface area contributed by atoms with Gasteiger partial charge in [-0.1, -0.05) is 12.2 Å². The minimum Gasteiger partial charge on any atom is -0.481 e. The zero-order valence-electron chi connectivity index (χ0n) is 8.23. The molecule has 4 nitrogen and oxygen atoms in total. The highest BCUT2D eigenvalue weighted by Crippen LogP contribution is 2.20. The van der Waals surface area contributed by atoms with Crippen LogP contribution < -0.4 is 9.47 Å². The lowest BCUT2D eigenvalue weighted by molar-refractivity contribution is 0.343. The zero-order chi connectivity index (χ0) is 10.4. The van der Waals surface area contributed by atoms with Crippen molar-refractivity contribution in [2.24, 2.45) is 0 Å². The molecule has 0 fully saturated rings. The third kappa shape index (κ3) is 2.47. The maximum Gasteiger partial charge on any atom is 0.223 e. The highest BCUT2D eigenvalue weighted by atomic mass is 16.5. The van der Waals surface area contributed by atoms with Crippen molar-refractivity contribution < 1.29 is 14.6 Å². The number of hydrogen-bond donors (Lipinski definition) is 1. The zero-order valence-corrected chi connectivity index (χ0v) is 8.23. The highest BCUT2D eigenvalue weighted by Gasteiger charge is 2.02. The Morgan fingerprint density at radius 3 is 2.71 bits per heavy atom. The van der Waals surface area contributed by atoms with E-state index in [-0.39, 0.29) is 6.61 Å². The van der Waals surface area contributed by atoms with Gasteiger partial charge in [-0.15, -0.1) is 0 Å². The maximum atomic E-state index is 8.62. The second-order valence-corrected chi connectivity index (χ2v) is 2.54. The van der Waals surface area contributed by atoms with Gasteiger partial charge >= 0.3 is 0 Å². The van der Waals surface area contributed by atoms with E-state index in [1.54, 1.807) is 25.3 Å². The molecule has 1 N–H and O–H groups in total. The molecule has 1 aromatic heterocycles. The van der Waals surface area contributed by atoms with Gasteiger partial charge in [0.1, 0.15) is 0 Å². The molecule has 0 radical (unpaired) electrons. The minimum atomic E-state index is -0.00478. The third-order valence-corrected chi connectivity index (χ3v) is 1.67. The minimum absolute atomic E-state index is 0.00478. The molecule has 0 amide bonds. The smallest absolute Gasteiger partial charge is 0.223 e. The van der Waals surface area contributed by atoms with Crippen molar-refractivity contribution >= 4 is 6.08 Å². The van der Waals surface area contributed by atoms with Crippen LogP contribution in [-0.4, -0.2) is 30.9 Å². The molecule has 1 aromatic rings. The van der Waals surface area contributed by atoms with Gasteiger partial charge < -0.3 is 14.6 Å². The predicted octanol–water partition coefficient (Wildman–Crippen LogP) is 1.10. The standard InChI is InChI=1S/C10H13NO3/c1-13-9-6-5-8(4-3-7-12)10(11-9)14-2/h3-6,12H,7H2,1-2H3. The van der Waals surface area contributed by atoms with E-state index in [9.17, 15) is 0 Å². The molecule has 0 unspecified atom stereocenters. The van der Waals surface area contributed by atoms with Crippen LogP contribution in [-0.2, 0) is 0 Å². The van der Waals surface area contributed by atoms with E-state index in [0.717, 1.165) is 5.56 Å². The summed E-state index contributed by atoms with van der Waals surface area (Å²) in [5.41, 5.74) is 0.808. The van der Waals surface area contributed by atoms with E-state index in [2.05, 4.69) is 4.98 Å². The average molecular weight is 195 g/mol. The molecule has 76 valence electrons. The van der Waals surface area contributed by atoms with Gasteiger partial charge in [0, 0.05) is 11.6 Å². The van der Waals surface area contributed by atoms with Gasteiger partial charge in [0.25, 0.3) is 0 Å². The number of aliphatic hydroxyl groups is 1. The Bertz CT molecular complexity index is 323. The predicted molar refractivity (Wildman–Crippen MR) is 53.5 cm³/mol. The molecule has 0 aliphatic carbocycles. The summed E-state index contributed by atoms with van der Waals surface area (Å²) in [5, 5.41) is 8.62. The third-order valence-electron chi connectivity index (χ3n) is 1.67. The van der Waals surface area contributed by atoms with Crippen molar-refractivity contribution in [1.82, 2.24) is 4.98 Å². The summed E-state index contributed by atoms with van der Waals surface area (Å²) in [4.78, 5) is 4.09. The molecule has 0 aliphatic rings. The maximum absolute atomic E-state index is 8.62. The van der Waals surface area contributed by atoms with Crippen LogP contribution in [0.15, 0.2) is 18.2 Å². The van der Waals surface area contributed by atoms with Gasteiger partial charge in [-0.2, -0.15) is 4.98 Å². The Labute approximate surface area is 82.8 Å². The summed E-state index contributed by atoms with van der Waals surface area (Å²) in [6.07, 6.45) is 3.36. The van der Waals surface area contributed by atoms with E-state index in [1.165, 1.54) is 7.11 Å². The van der Waals surface area contributed by atoms with Gasteiger partial charge in [0.2, 0.25) is 11.8 Å². The van der Waals surface area contributed by atoms with Crippen molar-refractivity contribution in [2.45, 2.75) is 0 Å². The molecule has 14 heavy (non-hydrogen) atoms. The van der Waals surface area contributed by atoms with Crippen LogP contribution in [0.3, 0.4) is 0 Å². The first-order valence-electron chi connectivity index (χ1n) is 4.18. The van der Waals surface area contributed by atoms with Crippen LogP contribution in [0.4, 0.5) is 0 Å². The molecule has 1 heterocycles. The van der Waals surface area contributed by atoms with Gasteiger partial charge in [0.05, 0.1) is 20.8 Å². The first-order valence-corrected chi connectivity index (χ1v) is 4.18. The van der Waals surface area contributed by atoms with Crippen LogP contribution in [0.2, 0.25) is 0 Å². The SMILES string of the molecule is COc1ccc(C=CCO)c(OC)n1. The molecule has 0 spiro atoms. The topological polar surface area (TPSA) is 51.6 Å². The Morgan fingerprint density at radius 2 is 2.14 bits per heavy atom. The number of methoxy groups -OCH3 is 2. The van der Waals surface area contributed by atoms with Crippen molar-refractivity contribution in [2.75, 3.05) is 20.8 Å². The number of ether oxygens (including phenoxy) is 2. The first-order chi connectivity index (χ1) is 6.81. The van der Waals surface area contributed by atoms with Crippen molar-refractivity contribution in [3.63, 3.8) is 0 Å². The van der Waals surface area contributed by atoms with Gasteiger partial charge in [-0.25, -0.2) is 0 Å². The van der Waals surface area contributed by atoms with Gasteiger partial charge in [0.15, 0.2) is 0 Å². The van der Waals surface area contributed by atoms with E-state index >= 15 is 0 Å². The van der Waals surface area contributed by atoms with Gasteiger partial charge in [-0.3, -0.25) is 0 Å². The van der Waals surface area contributed by atoms with Crippen molar-refractivity contribution in [3.05, 3.63) is 23.8 Å². The highest BCUT2D eigenvalue weighted by molar-refractivity contribution is 5.55. The second kappa shape index (κ2) is 5.24. The second-order valence-electron chi connectivity index (χ2n) is 2.54. The van der Waals surface area contributed by atoms with Crippen LogP contribution in [0, 0.1) is 0 Å². The van der Waals surface area contributed by atoms with E-state index < -0.39 is 0 Å². The fourth-order valence-electron chi connectivity index (χ4n) is 1.02. The number of rotatable bonds is 4. The summed E-state index contributed by atoms with van der Waals surface area (Å²) in [7, 11) is 3.09. The van der Waals surface area contributed by atoms with Crippen LogP contribution in [0.25, 0.3) is 6.08 Å². The molecular weight excluding hydrogens is 182 g/mol. The fourth-order valence-corrected chi connectivity index (χ4v) is 1.02. The fraction of sp³-hybridized carbons (Fsp3) is 0.300. The number of nitrogens with zero attached hydrogens (tertiary/aromatic N) is 1. The van der Waals surface area contributed by atoms with Crippen LogP contribution >= 0.6 is 0 Å². The van der Waals surface area contributed by atoms with Crippen LogP contribution in [0.5, 0.6) is 11.8 Å². The number of hydrogen-bond acceptors (Lipinski definition) is 4. The monoisotopic (exact) mass is 195 g/mol. The summed E-state index contributed by atoms with van der Waals surface area (Å²) in [5.74, 6) is 0.983. The van der Waals surface area contributed by atoms with Gasteiger partial charge in [-0.05, 0) is 6.07 Å². The number of aromatic nitrogens is 1. The number of pyridine rings is 1. The normalized spacial score (nSPS) is 10.5. The summed E-state index contributed by atoms with van der Waals surface area (Å²) in [6.45, 7) is -0.00478. The molecule has 0 aromatic carbocycles. The lowest BCUT2D eigenvalue weighted by Gasteiger charge is -2.05. The molecule has 1 rings (SSSR count). The summed E-state index contributed by atoms with van der Waals surface area (Å²) < 4.78 is 10.0. The lowest BCUT2D eigenvalue weighted by Crippen LogP contribution is -1.94. The van der Waals surface area contributed by atoms with E-state index in [1.807, 2.05) is 6.07 Å². The van der Waals surface area contributed by atoms with Crippen LogP contribution in [0.1, 0.15) is 5.56 Å². The van der Waals surface area contributed by atoms with Crippen molar-refractivity contribution in [1.29, 1.82) is 0 Å². The molecule has 0 atom stereocenters. The molecule has 0 bridgehead atoms. The Kier molecular flexibility index (Phi) is 3.94. The summed E-state index contributed by atoms with van der Waals surface area (Å²) in [6, 6.07) is 3.55. The Balaban J connectivity index is 2.99. The molecule has 0 aliphatic heterocycles. The molecule has 0 saturated carbocycles. The Morgan fingerprint density at radius 1 is 1.36 bits per heavy atom. The Hall–Kier alpha value is -1.55. The lowest BCUT2D eigenvalue weighted by atomic mass is 10.2. The molecule has 0 saturated heterocycles. The van der Waals surface area contributed by atoms with Crippen molar-refractivity contribution in [3.8, 4) is 11.8 Å². The first kappa shape index (κ1) is 10.5. The summed E-state index contributed by atoms with van der Waals surface area (Å²) >= 11 is 0. The molecular formula is C10H13NO3. The molecule has 4 heteroatoms. The quantitative estimate of drug-likeness (QED) is 0.781.